The van der Waals surface area contributed by atoms with Crippen molar-refractivity contribution in [1.82, 2.24) is 10.1 Å². The molecule has 2 aromatic heterocycles. The Morgan fingerprint density at radius 3 is 2.72 bits per heavy atom. The molecule has 3 aliphatic rings. The van der Waals surface area contributed by atoms with Crippen LogP contribution in [-0.4, -0.2) is 41.9 Å². The van der Waals surface area contributed by atoms with E-state index in [1.54, 1.807) is 18.2 Å². The molecular weight excluding hydrogens is 564 g/mol. The number of benzene rings is 2. The third-order valence-corrected chi connectivity index (χ3v) is 9.66. The molecular formula is C28H24Cl2FN3O4S. The van der Waals surface area contributed by atoms with Gasteiger partial charge >= 0.3 is 5.97 Å². The van der Waals surface area contributed by atoms with Crippen LogP contribution in [0.3, 0.4) is 0 Å². The van der Waals surface area contributed by atoms with E-state index in [0.717, 1.165) is 48.7 Å². The molecule has 1 saturated heterocycles. The predicted octanol–water partition coefficient (Wildman–Crippen LogP) is 7.25. The van der Waals surface area contributed by atoms with E-state index in [1.165, 1.54) is 24.5 Å². The van der Waals surface area contributed by atoms with Gasteiger partial charge < -0.3 is 18.9 Å². The van der Waals surface area contributed by atoms with Crippen LogP contribution in [0.5, 0.6) is 0 Å². The molecule has 0 amide bonds. The highest BCUT2D eigenvalue weighted by Gasteiger charge is 2.46. The number of rotatable bonds is 7. The van der Waals surface area contributed by atoms with Crippen LogP contribution in [-0.2, 0) is 16.1 Å². The molecule has 3 heterocycles. The lowest BCUT2D eigenvalue weighted by Gasteiger charge is -2.31. The first kappa shape index (κ1) is 25.3. The van der Waals surface area contributed by atoms with E-state index >= 15 is 0 Å². The topological polar surface area (TPSA) is 77.7 Å². The molecule has 11 heteroatoms. The Morgan fingerprint density at radius 1 is 1.23 bits per heavy atom. The first-order chi connectivity index (χ1) is 18.9. The maximum Gasteiger partial charge on any atom is 0.338 e. The molecule has 2 bridgehead atoms. The van der Waals surface area contributed by atoms with Gasteiger partial charge in [-0.1, -0.05) is 45.8 Å². The molecule has 0 unspecified atom stereocenters. The number of fused-ring (bicyclic) bond motifs is 3. The van der Waals surface area contributed by atoms with Crippen molar-refractivity contribution in [2.45, 2.75) is 50.4 Å². The van der Waals surface area contributed by atoms with Crippen molar-refractivity contribution >= 4 is 55.9 Å². The fourth-order valence-electron chi connectivity index (χ4n) is 5.92. The summed E-state index contributed by atoms with van der Waals surface area (Å²) < 4.78 is 32.4. The van der Waals surface area contributed by atoms with Crippen LogP contribution in [0.1, 0.15) is 53.3 Å². The Morgan fingerprint density at radius 2 is 2.03 bits per heavy atom. The number of esters is 1. The number of hydrogen-bond acceptors (Lipinski definition) is 8. The van der Waals surface area contributed by atoms with Gasteiger partial charge in [-0.25, -0.2) is 14.2 Å². The Kier molecular flexibility index (Phi) is 6.30. The van der Waals surface area contributed by atoms with Gasteiger partial charge in [0.1, 0.15) is 17.0 Å². The Balaban J connectivity index is 1.08. The fourth-order valence-corrected chi connectivity index (χ4v) is 7.60. The lowest BCUT2D eigenvalue weighted by molar-refractivity contribution is 0.0122. The van der Waals surface area contributed by atoms with Gasteiger partial charge in [-0.15, -0.1) is 0 Å². The summed E-state index contributed by atoms with van der Waals surface area (Å²) in [6.45, 7) is 1.16. The van der Waals surface area contributed by atoms with Gasteiger partial charge in [-0.3, -0.25) is 0 Å². The third-order valence-electron chi connectivity index (χ3n) is 7.99. The van der Waals surface area contributed by atoms with Crippen molar-refractivity contribution in [2.75, 3.05) is 18.6 Å². The van der Waals surface area contributed by atoms with E-state index in [1.807, 2.05) is 6.07 Å². The van der Waals surface area contributed by atoms with Gasteiger partial charge in [0.2, 0.25) is 0 Å². The minimum atomic E-state index is -0.566. The fraction of sp³-hybridized carbons (Fsp3) is 0.393. The number of nitrogens with zero attached hydrogens (tertiary/aromatic N) is 3. The van der Waals surface area contributed by atoms with Crippen molar-refractivity contribution in [3.63, 3.8) is 0 Å². The second kappa shape index (κ2) is 9.73. The normalized spacial score (nSPS) is 22.3. The largest absolute Gasteiger partial charge is 0.465 e. The number of piperidine rings is 1. The molecule has 39 heavy (non-hydrogen) atoms. The Bertz CT molecular complexity index is 1580. The molecule has 1 aliphatic heterocycles. The summed E-state index contributed by atoms with van der Waals surface area (Å²) in [4.78, 5) is 18.7. The number of carbonyl (C=O) groups excluding carboxylic acids is 1. The van der Waals surface area contributed by atoms with Crippen LogP contribution in [0.25, 0.3) is 21.5 Å². The number of halogens is 3. The molecule has 3 atom stereocenters. The number of aromatic nitrogens is 2. The summed E-state index contributed by atoms with van der Waals surface area (Å²) in [6, 6.07) is 8.49. The van der Waals surface area contributed by atoms with Gasteiger partial charge in [0.05, 0.1) is 40.1 Å². The van der Waals surface area contributed by atoms with E-state index in [4.69, 9.17) is 37.2 Å². The van der Waals surface area contributed by atoms with Crippen LogP contribution < -0.4 is 4.90 Å². The van der Waals surface area contributed by atoms with Gasteiger partial charge in [0.25, 0.3) is 0 Å². The van der Waals surface area contributed by atoms with Crippen LogP contribution in [0.4, 0.5) is 9.52 Å². The van der Waals surface area contributed by atoms with Crippen LogP contribution in [0, 0.1) is 11.7 Å². The maximum absolute atomic E-state index is 14.7. The number of anilines is 1. The number of carbonyl (C=O) groups is 1. The van der Waals surface area contributed by atoms with Crippen LogP contribution in [0.15, 0.2) is 34.9 Å². The minimum Gasteiger partial charge on any atom is -0.465 e. The highest BCUT2D eigenvalue weighted by molar-refractivity contribution is 7.22. The average Bonchev–Trinajstić information content (AvgIpc) is 3.24. The second-order valence-corrected chi connectivity index (χ2v) is 12.2. The summed E-state index contributed by atoms with van der Waals surface area (Å²) in [5, 5.41) is 6.19. The van der Waals surface area contributed by atoms with Crippen LogP contribution >= 0.6 is 34.5 Å². The molecule has 202 valence electrons. The van der Waals surface area contributed by atoms with E-state index in [0.29, 0.717) is 44.4 Å². The van der Waals surface area contributed by atoms with Gasteiger partial charge in [0, 0.05) is 35.5 Å². The second-order valence-electron chi connectivity index (χ2n) is 10.4. The SMILES string of the molecule is COC(=O)c1cc(F)c2nc(N3C[C@@H]4C[C@H]3C[C@H]4OCc3c(-c4c(Cl)cccc4Cl)noc3C3CC3)sc2c1. The lowest BCUT2D eigenvalue weighted by atomic mass is 10.0. The number of thiazole rings is 1. The van der Waals surface area contributed by atoms with E-state index in [9.17, 15) is 9.18 Å². The summed E-state index contributed by atoms with van der Waals surface area (Å²) >= 11 is 14.4. The highest BCUT2D eigenvalue weighted by Crippen LogP contribution is 2.48. The smallest absolute Gasteiger partial charge is 0.338 e. The maximum atomic E-state index is 14.7. The van der Waals surface area contributed by atoms with Crippen molar-refractivity contribution in [2.24, 2.45) is 5.92 Å². The zero-order valence-electron chi connectivity index (χ0n) is 21.0. The van der Waals surface area contributed by atoms with Gasteiger partial charge in [0.15, 0.2) is 10.9 Å². The number of ether oxygens (including phenoxy) is 2. The average molecular weight is 588 g/mol. The summed E-state index contributed by atoms with van der Waals surface area (Å²) in [5.41, 5.74) is 2.72. The monoisotopic (exact) mass is 587 g/mol. The van der Waals surface area contributed by atoms with Gasteiger partial charge in [-0.05, 0) is 49.9 Å². The molecule has 3 fully saturated rings. The minimum absolute atomic E-state index is 0.0832. The first-order valence-electron chi connectivity index (χ1n) is 12.9. The Hall–Kier alpha value is -2.72. The zero-order valence-corrected chi connectivity index (χ0v) is 23.3. The lowest BCUT2D eigenvalue weighted by Crippen LogP contribution is -2.38. The molecule has 0 radical (unpaired) electrons. The summed E-state index contributed by atoms with van der Waals surface area (Å²) in [6.07, 6.45) is 4.07. The number of methoxy groups -OCH3 is 1. The molecule has 2 aromatic carbocycles. The van der Waals surface area contributed by atoms with Crippen LogP contribution in [0.2, 0.25) is 10.0 Å². The van der Waals surface area contributed by atoms with Crippen molar-refractivity contribution in [1.29, 1.82) is 0 Å². The Labute approximate surface area is 237 Å². The predicted molar refractivity (Wildman–Crippen MR) is 147 cm³/mol. The molecule has 4 aromatic rings. The first-order valence-corrected chi connectivity index (χ1v) is 14.5. The molecule has 2 aliphatic carbocycles. The van der Waals surface area contributed by atoms with Crippen molar-refractivity contribution in [3.8, 4) is 11.3 Å². The van der Waals surface area contributed by atoms with Crippen molar-refractivity contribution < 1.29 is 23.2 Å². The van der Waals surface area contributed by atoms with Crippen molar-refractivity contribution in [3.05, 3.63) is 63.1 Å². The molecule has 0 spiro atoms. The molecule has 7 rings (SSSR count). The zero-order chi connectivity index (χ0) is 26.8. The van der Waals surface area contributed by atoms with E-state index in [2.05, 4.69) is 15.0 Å². The third kappa shape index (κ3) is 4.40. The highest BCUT2D eigenvalue weighted by atomic mass is 35.5. The van der Waals surface area contributed by atoms with E-state index in [-0.39, 0.29) is 23.2 Å². The summed E-state index contributed by atoms with van der Waals surface area (Å²) in [5.74, 6) is 0.475. The molecule has 2 saturated carbocycles. The quantitative estimate of drug-likeness (QED) is 0.211. The van der Waals surface area contributed by atoms with E-state index < -0.39 is 11.8 Å². The standard InChI is InChI=1S/C28H24Cl2FN3O4S/c1-36-27(35)14-8-20(31)25-22(9-14)39-28(32-25)34-11-15-7-16(34)10-21(15)37-12-17-24(33-38-26(17)13-5-6-13)23-18(29)3-2-4-19(23)30/h2-4,8-9,13,15-16,21H,5-7,10-12H2,1H3/t15-,16-,21+/m0/s1. The molecule has 7 nitrogen and oxygen atoms in total. The summed E-state index contributed by atoms with van der Waals surface area (Å²) in [7, 11) is 1.28. The molecule has 0 N–H and O–H groups in total. The van der Waals surface area contributed by atoms with Gasteiger partial charge in [-0.2, -0.15) is 0 Å². The number of hydrogen-bond donors (Lipinski definition) is 0.